The smallest absolute Gasteiger partial charge is 0.407 e. The molecule has 0 saturated carbocycles. The molecule has 0 spiro atoms. The van der Waals surface area contributed by atoms with E-state index >= 15 is 0 Å². The molecule has 0 saturated heterocycles. The fourth-order valence-electron chi connectivity index (χ4n) is 1.63. The molecule has 0 aromatic heterocycles. The van der Waals surface area contributed by atoms with Gasteiger partial charge in [-0.2, -0.15) is 0 Å². The van der Waals surface area contributed by atoms with Gasteiger partial charge in [0.1, 0.15) is 0 Å². The van der Waals surface area contributed by atoms with Gasteiger partial charge < -0.3 is 15.2 Å². The number of nitrogens with one attached hydrogen (secondary N) is 1. The Morgan fingerprint density at radius 1 is 1.29 bits per heavy atom. The molecule has 17 heavy (non-hydrogen) atoms. The summed E-state index contributed by atoms with van der Waals surface area (Å²) in [6, 6.07) is 0. The predicted octanol–water partition coefficient (Wildman–Crippen LogP) is 2.70. The Bertz CT molecular complexity index is 197. The molecule has 102 valence electrons. The fraction of sp³-hybridized carbons (Fsp3) is 0.923. The molecule has 0 aromatic carbocycles. The maximum atomic E-state index is 11.3. The quantitative estimate of drug-likeness (QED) is 0.614. The number of carbonyl (C=O) groups excluding carboxylic acids is 1. The molecule has 0 heterocycles. The van der Waals surface area contributed by atoms with Crippen LogP contribution in [0.25, 0.3) is 0 Å². The summed E-state index contributed by atoms with van der Waals surface area (Å²) in [6.45, 7) is 7.07. The molecule has 2 atom stereocenters. The number of hydrogen-bond donors (Lipinski definition) is 2. The Morgan fingerprint density at radius 3 is 2.53 bits per heavy atom. The van der Waals surface area contributed by atoms with Gasteiger partial charge in [0.25, 0.3) is 0 Å². The van der Waals surface area contributed by atoms with Crippen molar-refractivity contribution in [2.75, 3.05) is 13.2 Å². The van der Waals surface area contributed by atoms with Crippen LogP contribution < -0.4 is 5.32 Å². The Kier molecular flexibility index (Phi) is 9.92. The first-order valence-electron chi connectivity index (χ1n) is 6.74. The van der Waals surface area contributed by atoms with Crippen molar-refractivity contribution in [2.24, 2.45) is 5.92 Å². The lowest BCUT2D eigenvalue weighted by Crippen LogP contribution is -2.30. The molecule has 4 heteroatoms. The molecule has 0 rings (SSSR count). The predicted molar refractivity (Wildman–Crippen MR) is 69.0 cm³/mol. The maximum absolute atomic E-state index is 11.3. The molecule has 0 fully saturated rings. The number of hydrogen-bond acceptors (Lipinski definition) is 3. The lowest BCUT2D eigenvalue weighted by Gasteiger charge is -2.20. The molecule has 0 aliphatic carbocycles. The van der Waals surface area contributed by atoms with E-state index in [4.69, 9.17) is 4.74 Å². The van der Waals surface area contributed by atoms with Crippen molar-refractivity contribution in [1.29, 1.82) is 0 Å². The van der Waals surface area contributed by atoms with Crippen LogP contribution in [-0.2, 0) is 4.74 Å². The summed E-state index contributed by atoms with van der Waals surface area (Å²) in [5.41, 5.74) is 0. The highest BCUT2D eigenvalue weighted by Crippen LogP contribution is 2.14. The van der Waals surface area contributed by atoms with Crippen molar-refractivity contribution in [3.63, 3.8) is 0 Å². The van der Waals surface area contributed by atoms with Gasteiger partial charge in [-0.15, -0.1) is 0 Å². The number of aliphatic hydroxyl groups is 1. The summed E-state index contributed by atoms with van der Waals surface area (Å²) >= 11 is 0. The second-order valence-corrected chi connectivity index (χ2v) is 4.40. The summed E-state index contributed by atoms with van der Waals surface area (Å²) in [5, 5.41) is 12.5. The summed E-state index contributed by atoms with van der Waals surface area (Å²) < 4.78 is 5.10. The highest BCUT2D eigenvalue weighted by Gasteiger charge is 2.18. The molecule has 0 aromatic rings. The number of unbranched alkanes of at least 4 members (excludes halogenated alkanes) is 1. The van der Waals surface area contributed by atoms with Crippen LogP contribution >= 0.6 is 0 Å². The molecule has 0 aliphatic rings. The molecule has 0 aliphatic heterocycles. The van der Waals surface area contributed by atoms with Crippen LogP contribution in [-0.4, -0.2) is 30.5 Å². The van der Waals surface area contributed by atoms with Crippen LogP contribution in [0.5, 0.6) is 0 Å². The van der Waals surface area contributed by atoms with E-state index in [-0.39, 0.29) is 18.1 Å². The third kappa shape index (κ3) is 8.02. The summed E-state index contributed by atoms with van der Waals surface area (Å²) in [6.07, 6.45) is 3.80. The van der Waals surface area contributed by atoms with Crippen molar-refractivity contribution in [3.8, 4) is 0 Å². The van der Waals surface area contributed by atoms with Crippen molar-refractivity contribution in [2.45, 2.75) is 59.0 Å². The summed E-state index contributed by atoms with van der Waals surface area (Å²) in [7, 11) is 0. The Morgan fingerprint density at radius 2 is 2.00 bits per heavy atom. The minimum absolute atomic E-state index is 0.0480. The van der Waals surface area contributed by atoms with Crippen LogP contribution in [0.2, 0.25) is 0 Å². The van der Waals surface area contributed by atoms with Crippen molar-refractivity contribution in [3.05, 3.63) is 0 Å². The van der Waals surface area contributed by atoms with E-state index in [1.807, 2.05) is 13.8 Å². The number of carbonyl (C=O) groups is 1. The molecule has 0 bridgehead atoms. The molecule has 4 nitrogen and oxygen atoms in total. The SMILES string of the molecule is CCCCNC(=O)OCC(CC)C(O)CCC. The normalized spacial score (nSPS) is 14.1. The van der Waals surface area contributed by atoms with E-state index in [0.29, 0.717) is 13.2 Å². The van der Waals surface area contributed by atoms with Gasteiger partial charge in [0, 0.05) is 12.5 Å². The lowest BCUT2D eigenvalue weighted by molar-refractivity contribution is 0.0460. The zero-order valence-corrected chi connectivity index (χ0v) is 11.4. The number of amides is 1. The van der Waals surface area contributed by atoms with Crippen LogP contribution in [0.1, 0.15) is 52.9 Å². The summed E-state index contributed by atoms with van der Waals surface area (Å²) in [4.78, 5) is 11.3. The third-order valence-electron chi connectivity index (χ3n) is 2.88. The second-order valence-electron chi connectivity index (χ2n) is 4.40. The highest BCUT2D eigenvalue weighted by molar-refractivity contribution is 5.67. The third-order valence-corrected chi connectivity index (χ3v) is 2.88. The van der Waals surface area contributed by atoms with Crippen LogP contribution in [0, 0.1) is 5.92 Å². The largest absolute Gasteiger partial charge is 0.449 e. The van der Waals surface area contributed by atoms with Crippen LogP contribution in [0.15, 0.2) is 0 Å². The average Bonchev–Trinajstić information content (AvgIpc) is 2.30. The zero-order chi connectivity index (χ0) is 13.1. The number of ether oxygens (including phenoxy) is 1. The van der Waals surface area contributed by atoms with E-state index in [1.165, 1.54) is 0 Å². The average molecular weight is 245 g/mol. The molecule has 0 radical (unpaired) electrons. The van der Waals surface area contributed by atoms with E-state index in [0.717, 1.165) is 32.1 Å². The van der Waals surface area contributed by atoms with E-state index < -0.39 is 0 Å². The molecule has 2 unspecified atom stereocenters. The van der Waals surface area contributed by atoms with Gasteiger partial charge in [-0.25, -0.2) is 4.79 Å². The van der Waals surface area contributed by atoms with E-state index in [9.17, 15) is 9.90 Å². The van der Waals surface area contributed by atoms with Gasteiger partial charge >= 0.3 is 6.09 Å². The fourth-order valence-corrected chi connectivity index (χ4v) is 1.63. The molecule has 1 amide bonds. The van der Waals surface area contributed by atoms with Crippen molar-refractivity contribution < 1.29 is 14.6 Å². The summed E-state index contributed by atoms with van der Waals surface area (Å²) in [5.74, 6) is 0.0480. The standard InChI is InChI=1S/C13H27NO3/c1-4-7-9-14-13(16)17-10-11(6-3)12(15)8-5-2/h11-12,15H,4-10H2,1-3H3,(H,14,16). The lowest BCUT2D eigenvalue weighted by atomic mass is 9.97. The number of aliphatic hydroxyl groups excluding tert-OH is 1. The maximum Gasteiger partial charge on any atom is 0.407 e. The van der Waals surface area contributed by atoms with Gasteiger partial charge in [-0.1, -0.05) is 33.6 Å². The van der Waals surface area contributed by atoms with Gasteiger partial charge in [0.05, 0.1) is 12.7 Å². The van der Waals surface area contributed by atoms with Gasteiger partial charge in [0.15, 0.2) is 0 Å². The van der Waals surface area contributed by atoms with E-state index in [1.54, 1.807) is 0 Å². The molecular weight excluding hydrogens is 218 g/mol. The first kappa shape index (κ1) is 16.2. The Labute approximate surface area is 105 Å². The topological polar surface area (TPSA) is 58.6 Å². The second kappa shape index (κ2) is 10.4. The highest BCUT2D eigenvalue weighted by atomic mass is 16.5. The Balaban J connectivity index is 3.77. The minimum atomic E-state index is -0.374. The monoisotopic (exact) mass is 245 g/mol. The van der Waals surface area contributed by atoms with Crippen LogP contribution in [0.4, 0.5) is 4.79 Å². The zero-order valence-electron chi connectivity index (χ0n) is 11.4. The Hall–Kier alpha value is -0.770. The van der Waals surface area contributed by atoms with Crippen molar-refractivity contribution in [1.82, 2.24) is 5.32 Å². The first-order chi connectivity index (χ1) is 8.15. The van der Waals surface area contributed by atoms with Crippen LogP contribution in [0.3, 0.4) is 0 Å². The van der Waals surface area contributed by atoms with Gasteiger partial charge in [-0.05, 0) is 19.3 Å². The minimum Gasteiger partial charge on any atom is -0.449 e. The van der Waals surface area contributed by atoms with Gasteiger partial charge in [-0.3, -0.25) is 0 Å². The molecule has 2 N–H and O–H groups in total. The number of rotatable bonds is 9. The van der Waals surface area contributed by atoms with E-state index in [2.05, 4.69) is 12.2 Å². The number of alkyl carbamates (subject to hydrolysis) is 1. The first-order valence-corrected chi connectivity index (χ1v) is 6.74. The van der Waals surface area contributed by atoms with Crippen molar-refractivity contribution >= 4 is 6.09 Å². The van der Waals surface area contributed by atoms with Gasteiger partial charge in [0.2, 0.25) is 0 Å². The molecular formula is C13H27NO3.